The summed E-state index contributed by atoms with van der Waals surface area (Å²) >= 11 is 3.68. The molecule has 1 fully saturated rings. The molecule has 1 aliphatic rings. The minimum absolute atomic E-state index is 0.492. The van der Waals surface area contributed by atoms with Crippen LogP contribution in [0.15, 0.2) is 64.3 Å². The fourth-order valence-corrected chi connectivity index (χ4v) is 4.09. The first-order valence-electron chi connectivity index (χ1n) is 10.5. The molecule has 1 heterocycles. The number of nitrogens with one attached hydrogen (secondary N) is 1. The Labute approximate surface area is 189 Å². The van der Waals surface area contributed by atoms with Gasteiger partial charge in [-0.25, -0.2) is 8.78 Å². The molecule has 0 spiro atoms. The molecule has 0 amide bonds. The fraction of sp³-hybridized carbons (Fsp3) is 0.440. The maximum absolute atomic E-state index is 12.5. The largest absolute Gasteiger partial charge is 0.372 e. The van der Waals surface area contributed by atoms with Gasteiger partial charge in [-0.15, -0.1) is 0 Å². The van der Waals surface area contributed by atoms with Gasteiger partial charge in [-0.2, -0.15) is 0 Å². The highest BCUT2D eigenvalue weighted by molar-refractivity contribution is 9.12. The van der Waals surface area contributed by atoms with E-state index in [1.807, 2.05) is 13.0 Å². The first-order valence-corrected chi connectivity index (χ1v) is 11.3. The maximum Gasteiger partial charge on any atom is 0.126 e. The van der Waals surface area contributed by atoms with Crippen molar-refractivity contribution in [2.24, 2.45) is 0 Å². The van der Waals surface area contributed by atoms with E-state index in [0.29, 0.717) is 6.04 Å². The molecule has 0 saturated carbocycles. The topological polar surface area (TPSA) is 15.3 Å². The molecule has 0 aliphatic carbocycles. The summed E-state index contributed by atoms with van der Waals surface area (Å²) in [5, 5.41) is 3.48. The zero-order valence-corrected chi connectivity index (χ0v) is 20.5. The Morgan fingerprint density at radius 3 is 2.40 bits per heavy atom. The van der Waals surface area contributed by atoms with Gasteiger partial charge in [-0.05, 0) is 57.4 Å². The van der Waals surface area contributed by atoms with E-state index < -0.39 is 11.6 Å². The average Bonchev–Trinajstić information content (AvgIpc) is 2.68. The number of hydrogen-bond acceptors (Lipinski definition) is 2. The highest BCUT2D eigenvalue weighted by Gasteiger charge is 2.19. The van der Waals surface area contributed by atoms with Crippen LogP contribution in [0.5, 0.6) is 0 Å². The number of aryl methyl sites for hydroxylation is 1. The Morgan fingerprint density at radius 1 is 1.27 bits per heavy atom. The van der Waals surface area contributed by atoms with Crippen molar-refractivity contribution in [3.8, 4) is 0 Å². The summed E-state index contributed by atoms with van der Waals surface area (Å²) in [6.45, 7) is 17.6. The zero-order chi connectivity index (χ0) is 22.7. The molecule has 1 atom stereocenters. The van der Waals surface area contributed by atoms with Gasteiger partial charge < -0.3 is 10.2 Å². The van der Waals surface area contributed by atoms with Gasteiger partial charge in [0.15, 0.2) is 0 Å². The molecule has 2 rings (SSSR count). The standard InChI is InChI=1S/C16H25BrN2.C9H10F2/c1-6-8-12(3)16(15(17)7-2)14(5)19-10-9-18-13(4)11-19;1-2-3-7-4-8(10)6-9(11)5-7/h6-8,13,18H,1,9-11H2,2-5H3;4-6H,2-3H2,1H3/b12-8-,15-7+,16-14-;. The molecule has 1 aromatic rings. The van der Waals surface area contributed by atoms with Gasteiger partial charge >= 0.3 is 0 Å². The Kier molecular flexibility index (Phi) is 11.9. The SMILES string of the molecule is C=C\C=C(C)/C(=C(\C)N1CCNC(C)C1)C(/Br)=C\C.CCCc1cc(F)cc(F)c1. The summed E-state index contributed by atoms with van der Waals surface area (Å²) < 4.78 is 26.2. The maximum atomic E-state index is 12.5. The van der Waals surface area contributed by atoms with Gasteiger partial charge in [0.25, 0.3) is 0 Å². The van der Waals surface area contributed by atoms with E-state index in [1.165, 1.54) is 29.0 Å². The summed E-state index contributed by atoms with van der Waals surface area (Å²) in [6, 6.07) is 4.16. The summed E-state index contributed by atoms with van der Waals surface area (Å²) in [5.74, 6) is -0.984. The molecule has 0 radical (unpaired) electrons. The molecule has 30 heavy (non-hydrogen) atoms. The van der Waals surface area contributed by atoms with Gasteiger partial charge in [0.05, 0.1) is 0 Å². The number of piperazine rings is 1. The number of nitrogens with zero attached hydrogens (tertiary/aromatic N) is 1. The van der Waals surface area contributed by atoms with Crippen LogP contribution in [0.2, 0.25) is 0 Å². The molecule has 166 valence electrons. The predicted octanol–water partition coefficient (Wildman–Crippen LogP) is 6.90. The third kappa shape index (κ3) is 8.57. The van der Waals surface area contributed by atoms with Crippen LogP contribution in [0.1, 0.15) is 46.6 Å². The van der Waals surface area contributed by atoms with Gasteiger partial charge in [0.1, 0.15) is 11.6 Å². The van der Waals surface area contributed by atoms with Crippen molar-refractivity contribution in [3.05, 3.63) is 81.5 Å². The lowest BCUT2D eigenvalue weighted by Gasteiger charge is -2.35. The van der Waals surface area contributed by atoms with Gasteiger partial charge in [0, 0.05) is 47.5 Å². The molecule has 1 N–H and O–H groups in total. The van der Waals surface area contributed by atoms with Crippen LogP contribution in [-0.2, 0) is 6.42 Å². The Balaban J connectivity index is 0.000000346. The van der Waals surface area contributed by atoms with E-state index in [9.17, 15) is 8.78 Å². The molecule has 0 bridgehead atoms. The van der Waals surface area contributed by atoms with Crippen molar-refractivity contribution in [2.45, 2.75) is 53.5 Å². The molecular weight excluding hydrogens is 446 g/mol. The molecule has 5 heteroatoms. The number of benzene rings is 1. The molecule has 1 saturated heterocycles. The quantitative estimate of drug-likeness (QED) is 0.445. The van der Waals surface area contributed by atoms with Gasteiger partial charge in [-0.1, -0.05) is 54.1 Å². The van der Waals surface area contributed by atoms with Crippen molar-refractivity contribution >= 4 is 15.9 Å². The average molecular weight is 481 g/mol. The Hall–Kier alpha value is -1.72. The van der Waals surface area contributed by atoms with Crippen LogP contribution < -0.4 is 5.32 Å². The van der Waals surface area contributed by atoms with Crippen LogP contribution in [0.25, 0.3) is 0 Å². The van der Waals surface area contributed by atoms with Crippen molar-refractivity contribution in [3.63, 3.8) is 0 Å². The number of rotatable bonds is 6. The lowest BCUT2D eigenvalue weighted by Crippen LogP contribution is -2.48. The fourth-order valence-electron chi connectivity index (χ4n) is 3.49. The molecule has 0 aromatic heterocycles. The monoisotopic (exact) mass is 480 g/mol. The Bertz CT molecular complexity index is 776. The van der Waals surface area contributed by atoms with Crippen LogP contribution in [0.4, 0.5) is 8.78 Å². The first-order chi connectivity index (χ1) is 14.2. The summed E-state index contributed by atoms with van der Waals surface area (Å²) in [4.78, 5) is 2.46. The number of hydrogen-bond donors (Lipinski definition) is 1. The van der Waals surface area contributed by atoms with Crippen LogP contribution >= 0.6 is 15.9 Å². The normalized spacial score (nSPS) is 18.4. The minimum Gasteiger partial charge on any atom is -0.372 e. The second kappa shape index (κ2) is 13.6. The van der Waals surface area contributed by atoms with Crippen LogP contribution in [-0.4, -0.2) is 30.6 Å². The second-order valence-corrected chi connectivity index (χ2v) is 8.37. The first kappa shape index (κ1) is 26.3. The summed E-state index contributed by atoms with van der Waals surface area (Å²) in [7, 11) is 0. The lowest BCUT2D eigenvalue weighted by atomic mass is 10.0. The van der Waals surface area contributed by atoms with E-state index in [2.05, 4.69) is 72.6 Å². The third-order valence-electron chi connectivity index (χ3n) is 4.92. The van der Waals surface area contributed by atoms with Crippen molar-refractivity contribution < 1.29 is 8.78 Å². The van der Waals surface area contributed by atoms with E-state index in [1.54, 1.807) is 0 Å². The zero-order valence-electron chi connectivity index (χ0n) is 18.9. The van der Waals surface area contributed by atoms with E-state index in [-0.39, 0.29) is 0 Å². The van der Waals surface area contributed by atoms with Crippen LogP contribution in [0, 0.1) is 11.6 Å². The molecule has 1 aliphatic heterocycles. The van der Waals surface area contributed by atoms with Crippen LogP contribution in [0.3, 0.4) is 0 Å². The third-order valence-corrected chi connectivity index (χ3v) is 5.77. The Morgan fingerprint density at radius 2 is 1.90 bits per heavy atom. The van der Waals surface area contributed by atoms with Crippen molar-refractivity contribution in [1.29, 1.82) is 0 Å². The lowest BCUT2D eigenvalue weighted by molar-refractivity contribution is 0.255. The molecular formula is C25H35BrF2N2. The van der Waals surface area contributed by atoms with Gasteiger partial charge in [-0.3, -0.25) is 0 Å². The smallest absolute Gasteiger partial charge is 0.126 e. The predicted molar refractivity (Wildman–Crippen MR) is 129 cm³/mol. The van der Waals surface area contributed by atoms with Gasteiger partial charge in [0.2, 0.25) is 0 Å². The molecule has 2 nitrogen and oxygen atoms in total. The summed E-state index contributed by atoms with van der Waals surface area (Å²) in [6.07, 6.45) is 7.65. The molecule has 1 aromatic carbocycles. The van der Waals surface area contributed by atoms with E-state index in [4.69, 9.17) is 0 Å². The highest BCUT2D eigenvalue weighted by atomic mass is 79.9. The van der Waals surface area contributed by atoms with Crippen molar-refractivity contribution in [2.75, 3.05) is 19.6 Å². The van der Waals surface area contributed by atoms with E-state index >= 15 is 0 Å². The second-order valence-electron chi connectivity index (χ2n) is 7.51. The number of halogens is 3. The van der Waals surface area contributed by atoms with Crippen molar-refractivity contribution in [1.82, 2.24) is 10.2 Å². The molecule has 1 unspecified atom stereocenters. The highest BCUT2D eigenvalue weighted by Crippen LogP contribution is 2.29. The van der Waals surface area contributed by atoms with E-state index in [0.717, 1.165) is 48.6 Å². The number of allylic oxidation sites excluding steroid dienone is 7. The minimum atomic E-state index is -0.492. The summed E-state index contributed by atoms with van der Waals surface area (Å²) in [5.41, 5.74) is 4.57.